The van der Waals surface area contributed by atoms with E-state index in [0.717, 1.165) is 6.42 Å². The molecule has 0 radical (unpaired) electrons. The third-order valence-corrected chi connectivity index (χ3v) is 5.06. The Labute approximate surface area is 96.9 Å². The van der Waals surface area contributed by atoms with Crippen LogP contribution in [-0.2, 0) is 11.2 Å². The van der Waals surface area contributed by atoms with Crippen molar-refractivity contribution in [2.75, 3.05) is 5.75 Å². The zero-order valence-electron chi connectivity index (χ0n) is 8.40. The molecule has 5 heteroatoms. The molecule has 2 N–H and O–H groups in total. The van der Waals surface area contributed by atoms with Crippen LogP contribution in [0.5, 0.6) is 0 Å². The van der Waals surface area contributed by atoms with Gasteiger partial charge in [0.05, 0.1) is 5.37 Å². The second kappa shape index (κ2) is 4.55. The van der Waals surface area contributed by atoms with Crippen molar-refractivity contribution in [2.45, 2.75) is 24.8 Å². The Morgan fingerprint density at radius 3 is 3.00 bits per heavy atom. The van der Waals surface area contributed by atoms with Crippen LogP contribution in [0.3, 0.4) is 0 Å². The second-order valence-corrected chi connectivity index (χ2v) is 5.77. The number of nitrogens with one attached hydrogen (secondary N) is 1. The molecular weight excluding hydrogens is 230 g/mol. The summed E-state index contributed by atoms with van der Waals surface area (Å²) >= 11 is 3.44. The van der Waals surface area contributed by atoms with Crippen LogP contribution in [0.15, 0.2) is 12.1 Å². The Kier molecular flexibility index (Phi) is 3.33. The van der Waals surface area contributed by atoms with E-state index >= 15 is 0 Å². The minimum atomic E-state index is -0.753. The van der Waals surface area contributed by atoms with Crippen molar-refractivity contribution < 1.29 is 9.90 Å². The number of thioether (sulfide) groups is 1. The zero-order chi connectivity index (χ0) is 10.8. The standard InChI is InChI=1S/C10H13NO2S2/c1-2-6-3-4-8(15-6)9-11-7(5-14-9)10(12)13/h3-4,7,9,11H,2,5H2,1H3,(H,12,13)/t7-,9+/m1/s1. The zero-order valence-corrected chi connectivity index (χ0v) is 10.0. The molecule has 2 heterocycles. The van der Waals surface area contributed by atoms with Crippen molar-refractivity contribution >= 4 is 29.1 Å². The van der Waals surface area contributed by atoms with Crippen molar-refractivity contribution in [3.63, 3.8) is 0 Å². The minimum Gasteiger partial charge on any atom is -0.480 e. The van der Waals surface area contributed by atoms with Crippen LogP contribution < -0.4 is 5.32 Å². The smallest absolute Gasteiger partial charge is 0.321 e. The summed E-state index contributed by atoms with van der Waals surface area (Å²) in [5, 5.41) is 12.1. The predicted octanol–water partition coefficient (Wildman–Crippen LogP) is 2.10. The van der Waals surface area contributed by atoms with Gasteiger partial charge in [0.2, 0.25) is 0 Å². The summed E-state index contributed by atoms with van der Waals surface area (Å²) in [6, 6.07) is 3.82. The SMILES string of the molecule is CCc1ccc([C@H]2N[C@@H](C(=O)O)CS2)s1. The average molecular weight is 243 g/mol. The van der Waals surface area contributed by atoms with E-state index in [0.29, 0.717) is 5.75 Å². The summed E-state index contributed by atoms with van der Waals surface area (Å²) in [7, 11) is 0. The average Bonchev–Trinajstić information content (AvgIpc) is 2.86. The molecule has 0 unspecified atom stereocenters. The van der Waals surface area contributed by atoms with E-state index in [4.69, 9.17) is 5.11 Å². The number of rotatable bonds is 3. The van der Waals surface area contributed by atoms with Crippen LogP contribution in [0.25, 0.3) is 0 Å². The molecule has 1 aromatic rings. The largest absolute Gasteiger partial charge is 0.480 e. The molecule has 0 aliphatic carbocycles. The van der Waals surface area contributed by atoms with Crippen LogP contribution in [0.1, 0.15) is 22.1 Å². The van der Waals surface area contributed by atoms with Gasteiger partial charge in [-0.25, -0.2) is 0 Å². The van der Waals surface area contributed by atoms with Gasteiger partial charge in [-0.3, -0.25) is 10.1 Å². The number of carboxylic acids is 1. The normalized spacial score (nSPS) is 25.7. The number of thiophene rings is 1. The number of aliphatic carboxylic acids is 1. The number of carbonyl (C=O) groups is 1. The molecule has 0 saturated carbocycles. The molecule has 0 aromatic carbocycles. The molecule has 15 heavy (non-hydrogen) atoms. The van der Waals surface area contributed by atoms with Crippen LogP contribution >= 0.6 is 23.1 Å². The summed E-state index contributed by atoms with van der Waals surface area (Å²) in [6.07, 6.45) is 1.05. The maximum Gasteiger partial charge on any atom is 0.321 e. The Morgan fingerprint density at radius 1 is 1.67 bits per heavy atom. The highest BCUT2D eigenvalue weighted by atomic mass is 32.2. The summed E-state index contributed by atoms with van der Waals surface area (Å²) in [5.74, 6) is -0.100. The lowest BCUT2D eigenvalue weighted by molar-refractivity contribution is -0.138. The molecule has 1 fully saturated rings. The first-order valence-electron chi connectivity index (χ1n) is 4.89. The second-order valence-electron chi connectivity index (χ2n) is 3.43. The third-order valence-electron chi connectivity index (χ3n) is 2.37. The van der Waals surface area contributed by atoms with E-state index in [1.54, 1.807) is 23.1 Å². The van der Waals surface area contributed by atoms with Crippen molar-refractivity contribution in [2.24, 2.45) is 0 Å². The van der Waals surface area contributed by atoms with Gasteiger partial charge in [0.1, 0.15) is 6.04 Å². The van der Waals surface area contributed by atoms with Gasteiger partial charge in [-0.2, -0.15) is 0 Å². The maximum atomic E-state index is 10.8. The number of carboxylic acid groups (broad SMARTS) is 1. The van der Waals surface area contributed by atoms with Crippen molar-refractivity contribution in [3.8, 4) is 0 Å². The number of hydrogen-bond donors (Lipinski definition) is 2. The molecule has 82 valence electrons. The fraction of sp³-hybridized carbons (Fsp3) is 0.500. The molecule has 3 nitrogen and oxygen atoms in total. The number of aryl methyl sites for hydroxylation is 1. The van der Waals surface area contributed by atoms with Crippen LogP contribution in [-0.4, -0.2) is 22.9 Å². The fourth-order valence-corrected chi connectivity index (χ4v) is 3.87. The maximum absolute atomic E-state index is 10.8. The Hall–Kier alpha value is -0.520. The lowest BCUT2D eigenvalue weighted by Gasteiger charge is -2.07. The minimum absolute atomic E-state index is 0.163. The van der Waals surface area contributed by atoms with E-state index in [9.17, 15) is 4.79 Å². The molecule has 1 aliphatic heterocycles. The molecule has 0 amide bonds. The van der Waals surface area contributed by atoms with Gasteiger partial charge in [-0.15, -0.1) is 23.1 Å². The first-order chi connectivity index (χ1) is 7.20. The topological polar surface area (TPSA) is 49.3 Å². The van der Waals surface area contributed by atoms with Crippen molar-refractivity contribution in [1.29, 1.82) is 0 Å². The molecule has 0 spiro atoms. The van der Waals surface area contributed by atoms with Crippen LogP contribution in [0.2, 0.25) is 0 Å². The van der Waals surface area contributed by atoms with Gasteiger partial charge in [0.15, 0.2) is 0 Å². The van der Waals surface area contributed by atoms with Crippen molar-refractivity contribution in [1.82, 2.24) is 5.32 Å². The van der Waals surface area contributed by atoms with Gasteiger partial charge < -0.3 is 5.11 Å². The third kappa shape index (κ3) is 2.35. The summed E-state index contributed by atoms with van der Waals surface area (Å²) in [5.41, 5.74) is 0. The monoisotopic (exact) mass is 243 g/mol. The molecule has 2 rings (SSSR count). The molecule has 1 saturated heterocycles. The summed E-state index contributed by atoms with van der Waals surface area (Å²) in [6.45, 7) is 2.13. The summed E-state index contributed by atoms with van der Waals surface area (Å²) in [4.78, 5) is 13.4. The van der Waals surface area contributed by atoms with E-state index in [2.05, 4.69) is 24.4 Å². The highest BCUT2D eigenvalue weighted by Crippen LogP contribution is 2.36. The Balaban J connectivity index is 2.04. The Bertz CT molecular complexity index is 364. The molecule has 1 aliphatic rings. The lowest BCUT2D eigenvalue weighted by Crippen LogP contribution is -2.33. The van der Waals surface area contributed by atoms with Gasteiger partial charge in [-0.05, 0) is 18.6 Å². The fourth-order valence-electron chi connectivity index (χ4n) is 1.50. The number of hydrogen-bond acceptors (Lipinski definition) is 4. The van der Waals surface area contributed by atoms with Gasteiger partial charge in [-0.1, -0.05) is 6.92 Å². The first kappa shape index (κ1) is 11.0. The molecule has 0 bridgehead atoms. The van der Waals surface area contributed by atoms with Gasteiger partial charge >= 0.3 is 5.97 Å². The van der Waals surface area contributed by atoms with E-state index in [1.165, 1.54) is 9.75 Å². The van der Waals surface area contributed by atoms with E-state index < -0.39 is 12.0 Å². The first-order valence-corrected chi connectivity index (χ1v) is 6.76. The molecular formula is C10H13NO2S2. The quantitative estimate of drug-likeness (QED) is 0.853. The van der Waals surface area contributed by atoms with Crippen LogP contribution in [0.4, 0.5) is 0 Å². The van der Waals surface area contributed by atoms with Gasteiger partial charge in [0.25, 0.3) is 0 Å². The lowest BCUT2D eigenvalue weighted by atomic mass is 10.3. The van der Waals surface area contributed by atoms with E-state index in [1.807, 2.05) is 0 Å². The summed E-state index contributed by atoms with van der Waals surface area (Å²) < 4.78 is 0. The van der Waals surface area contributed by atoms with E-state index in [-0.39, 0.29) is 5.37 Å². The highest BCUT2D eigenvalue weighted by Gasteiger charge is 2.30. The Morgan fingerprint density at radius 2 is 2.47 bits per heavy atom. The van der Waals surface area contributed by atoms with Gasteiger partial charge in [0, 0.05) is 15.5 Å². The van der Waals surface area contributed by atoms with Crippen LogP contribution in [0, 0.1) is 0 Å². The predicted molar refractivity (Wildman–Crippen MR) is 63.5 cm³/mol. The molecule has 1 aromatic heterocycles. The molecule has 2 atom stereocenters. The van der Waals surface area contributed by atoms with Crippen molar-refractivity contribution in [3.05, 3.63) is 21.9 Å². The highest BCUT2D eigenvalue weighted by molar-refractivity contribution is 7.99.